The van der Waals surface area contributed by atoms with Crippen molar-refractivity contribution >= 4 is 50.7 Å². The lowest BCUT2D eigenvalue weighted by Gasteiger charge is -2.32. The van der Waals surface area contributed by atoms with Crippen LogP contribution in [0.2, 0.25) is 0 Å². The molecule has 1 spiro atoms. The quantitative estimate of drug-likeness (QED) is 0.329. The van der Waals surface area contributed by atoms with Crippen LogP contribution in [0.3, 0.4) is 0 Å². The van der Waals surface area contributed by atoms with Gasteiger partial charge in [0.25, 0.3) is 11.7 Å². The molecule has 2 aromatic carbocycles. The third-order valence-corrected chi connectivity index (χ3v) is 6.46. The fourth-order valence-corrected chi connectivity index (χ4v) is 4.58. The minimum absolute atomic E-state index is 0.0918. The van der Waals surface area contributed by atoms with Gasteiger partial charge in [0.2, 0.25) is 11.8 Å². The van der Waals surface area contributed by atoms with Crippen LogP contribution in [0.15, 0.2) is 46.9 Å². The van der Waals surface area contributed by atoms with E-state index in [0.717, 1.165) is 17.3 Å². The van der Waals surface area contributed by atoms with Crippen molar-refractivity contribution in [1.29, 1.82) is 0 Å². The summed E-state index contributed by atoms with van der Waals surface area (Å²) in [6, 6.07) is 12.5. The van der Waals surface area contributed by atoms with Crippen LogP contribution in [0.1, 0.15) is 37.7 Å². The Kier molecular flexibility index (Phi) is 8.04. The second-order valence-electron chi connectivity index (χ2n) is 8.52. The highest BCUT2D eigenvalue weighted by molar-refractivity contribution is 9.10. The van der Waals surface area contributed by atoms with Crippen LogP contribution in [0.5, 0.6) is 0 Å². The second-order valence-corrected chi connectivity index (χ2v) is 9.43. The standard InChI is InChI=1S/C25H29BrN4O5/c26-17-10-11-21-18(15-17)25(34-13-6-14-35-25)24(33)30(21)16-23(32)28-12-5-1-2-9-22(31)29-20-8-4-3-7-19(20)27/h3-4,7-8,10-11,15H,1-2,5-6,9,12-14,16,27H2,(H,28,32)(H,29,31). The molecule has 0 unspecified atom stereocenters. The summed E-state index contributed by atoms with van der Waals surface area (Å²) in [5.41, 5.74) is 8.20. The van der Waals surface area contributed by atoms with Gasteiger partial charge < -0.3 is 25.8 Å². The Morgan fingerprint density at radius 1 is 1.06 bits per heavy atom. The summed E-state index contributed by atoms with van der Waals surface area (Å²) in [6.07, 6.45) is 3.28. The molecule has 4 N–H and O–H groups in total. The Morgan fingerprint density at radius 2 is 1.83 bits per heavy atom. The van der Waals surface area contributed by atoms with E-state index in [0.29, 0.717) is 61.6 Å². The molecule has 186 valence electrons. The fourth-order valence-electron chi connectivity index (χ4n) is 4.22. The number of anilines is 3. The highest BCUT2D eigenvalue weighted by Gasteiger charge is 2.55. The number of carbonyl (C=O) groups is 3. The van der Waals surface area contributed by atoms with Crippen molar-refractivity contribution in [2.45, 2.75) is 37.9 Å². The number of fused-ring (bicyclic) bond motifs is 2. The topological polar surface area (TPSA) is 123 Å². The lowest BCUT2D eigenvalue weighted by atomic mass is 10.1. The molecule has 3 amide bonds. The van der Waals surface area contributed by atoms with Crippen molar-refractivity contribution < 1.29 is 23.9 Å². The SMILES string of the molecule is Nc1ccccc1NC(=O)CCCCCNC(=O)CN1C(=O)C2(OCCCO2)c2cc(Br)ccc21. The third kappa shape index (κ3) is 5.66. The number of nitrogens with two attached hydrogens (primary N) is 1. The molecular weight excluding hydrogens is 516 g/mol. The van der Waals surface area contributed by atoms with E-state index in [1.165, 1.54) is 4.90 Å². The van der Waals surface area contributed by atoms with Crippen molar-refractivity contribution in [3.8, 4) is 0 Å². The molecule has 0 atom stereocenters. The van der Waals surface area contributed by atoms with E-state index in [-0.39, 0.29) is 24.3 Å². The molecular formula is C25H29BrN4O5. The molecule has 9 nitrogen and oxygen atoms in total. The minimum atomic E-state index is -1.48. The first-order chi connectivity index (χ1) is 16.9. The number of hydrogen-bond donors (Lipinski definition) is 3. The largest absolute Gasteiger partial charge is 0.397 e. The number of unbranched alkanes of at least 4 members (excludes halogenated alkanes) is 2. The summed E-state index contributed by atoms with van der Waals surface area (Å²) in [7, 11) is 0. The van der Waals surface area contributed by atoms with Gasteiger partial charge in [-0.05, 0) is 49.6 Å². The predicted octanol–water partition coefficient (Wildman–Crippen LogP) is 3.28. The molecule has 2 heterocycles. The zero-order valence-corrected chi connectivity index (χ0v) is 20.9. The molecule has 2 aliphatic rings. The maximum Gasteiger partial charge on any atom is 0.293 e. The van der Waals surface area contributed by atoms with E-state index < -0.39 is 5.79 Å². The first-order valence-electron chi connectivity index (χ1n) is 11.7. The van der Waals surface area contributed by atoms with Crippen molar-refractivity contribution in [2.75, 3.05) is 42.3 Å². The highest BCUT2D eigenvalue weighted by atomic mass is 79.9. The van der Waals surface area contributed by atoms with Gasteiger partial charge in [0.1, 0.15) is 6.54 Å². The molecule has 0 aromatic heterocycles. The number of para-hydroxylation sites is 2. The first-order valence-corrected chi connectivity index (χ1v) is 12.5. The van der Waals surface area contributed by atoms with Crippen LogP contribution in [-0.2, 0) is 29.6 Å². The molecule has 0 bridgehead atoms. The fraction of sp³-hybridized carbons (Fsp3) is 0.400. The number of halogens is 1. The number of rotatable bonds is 9. The van der Waals surface area contributed by atoms with Crippen LogP contribution in [0, 0.1) is 0 Å². The maximum absolute atomic E-state index is 13.3. The predicted molar refractivity (Wildman–Crippen MR) is 136 cm³/mol. The maximum atomic E-state index is 13.3. The summed E-state index contributed by atoms with van der Waals surface area (Å²) in [4.78, 5) is 39.3. The lowest BCUT2D eigenvalue weighted by Crippen LogP contribution is -2.49. The third-order valence-electron chi connectivity index (χ3n) is 5.97. The van der Waals surface area contributed by atoms with E-state index in [9.17, 15) is 14.4 Å². The Hall–Kier alpha value is -2.95. The average Bonchev–Trinajstić information content (AvgIpc) is 3.05. The number of ether oxygens (including phenoxy) is 2. The highest BCUT2D eigenvalue weighted by Crippen LogP contribution is 2.46. The van der Waals surface area contributed by atoms with Gasteiger partial charge >= 0.3 is 0 Å². The molecule has 1 saturated heterocycles. The van der Waals surface area contributed by atoms with Crippen molar-refractivity contribution in [2.24, 2.45) is 0 Å². The molecule has 2 aromatic rings. The Bertz CT molecular complexity index is 1100. The number of amides is 3. The van der Waals surface area contributed by atoms with Crippen LogP contribution in [0.25, 0.3) is 0 Å². The Labute approximate surface area is 212 Å². The molecule has 0 radical (unpaired) electrons. The summed E-state index contributed by atoms with van der Waals surface area (Å²) in [5, 5.41) is 5.66. The smallest absolute Gasteiger partial charge is 0.293 e. The monoisotopic (exact) mass is 544 g/mol. The van der Waals surface area contributed by atoms with E-state index in [1.54, 1.807) is 24.3 Å². The zero-order valence-electron chi connectivity index (χ0n) is 19.3. The minimum Gasteiger partial charge on any atom is -0.397 e. The number of carbonyl (C=O) groups excluding carboxylic acids is 3. The van der Waals surface area contributed by atoms with Crippen molar-refractivity contribution in [1.82, 2.24) is 5.32 Å². The second kappa shape index (κ2) is 11.2. The molecule has 2 aliphatic heterocycles. The molecule has 35 heavy (non-hydrogen) atoms. The van der Waals surface area contributed by atoms with Crippen LogP contribution in [-0.4, -0.2) is 44.0 Å². The number of nitrogens with one attached hydrogen (secondary N) is 2. The van der Waals surface area contributed by atoms with E-state index in [4.69, 9.17) is 15.2 Å². The van der Waals surface area contributed by atoms with Gasteiger partial charge in [0, 0.05) is 23.0 Å². The van der Waals surface area contributed by atoms with Gasteiger partial charge in [0.05, 0.1) is 30.3 Å². The number of hydrogen-bond acceptors (Lipinski definition) is 6. The van der Waals surface area contributed by atoms with Crippen molar-refractivity contribution in [3.63, 3.8) is 0 Å². The van der Waals surface area contributed by atoms with E-state index in [2.05, 4.69) is 26.6 Å². The van der Waals surface area contributed by atoms with Gasteiger partial charge in [0.15, 0.2) is 0 Å². The molecule has 1 fully saturated rings. The molecule has 0 aliphatic carbocycles. The van der Waals surface area contributed by atoms with Crippen molar-refractivity contribution in [3.05, 3.63) is 52.5 Å². The Morgan fingerprint density at radius 3 is 2.60 bits per heavy atom. The van der Waals surface area contributed by atoms with Crippen LogP contribution < -0.4 is 21.3 Å². The van der Waals surface area contributed by atoms with Gasteiger partial charge in [-0.25, -0.2) is 0 Å². The summed E-state index contributed by atoms with van der Waals surface area (Å²) in [5.74, 6) is -2.23. The number of nitrogens with zero attached hydrogens (tertiary/aromatic N) is 1. The first kappa shape index (κ1) is 25.2. The van der Waals surface area contributed by atoms with Gasteiger partial charge in [-0.3, -0.25) is 19.3 Å². The Balaban J connectivity index is 1.22. The van der Waals surface area contributed by atoms with E-state index in [1.807, 2.05) is 18.2 Å². The van der Waals surface area contributed by atoms with Gasteiger partial charge in [-0.1, -0.05) is 34.5 Å². The lowest BCUT2D eigenvalue weighted by molar-refractivity contribution is -0.256. The summed E-state index contributed by atoms with van der Waals surface area (Å²) in [6.45, 7) is 1.16. The average molecular weight is 545 g/mol. The van der Waals surface area contributed by atoms with Crippen LogP contribution >= 0.6 is 15.9 Å². The van der Waals surface area contributed by atoms with Crippen LogP contribution in [0.4, 0.5) is 17.1 Å². The molecule has 10 heteroatoms. The van der Waals surface area contributed by atoms with Gasteiger partial charge in [-0.15, -0.1) is 0 Å². The molecule has 0 saturated carbocycles. The molecule has 4 rings (SSSR count). The normalized spacial score (nSPS) is 16.3. The van der Waals surface area contributed by atoms with Gasteiger partial charge in [-0.2, -0.15) is 0 Å². The zero-order chi connectivity index (χ0) is 24.8. The summed E-state index contributed by atoms with van der Waals surface area (Å²) < 4.78 is 12.4. The number of benzene rings is 2. The summed E-state index contributed by atoms with van der Waals surface area (Å²) >= 11 is 3.44. The van der Waals surface area contributed by atoms with E-state index >= 15 is 0 Å². The number of nitrogen functional groups attached to an aromatic ring is 1.